The first-order chi connectivity index (χ1) is 6.69. The predicted octanol–water partition coefficient (Wildman–Crippen LogP) is 2.93. The summed E-state index contributed by atoms with van der Waals surface area (Å²) in [5.74, 6) is -0.128. The number of nitrogens with zero attached hydrogens (tertiary/aromatic N) is 1. The van der Waals surface area contributed by atoms with E-state index in [1.165, 1.54) is 0 Å². The van der Waals surface area contributed by atoms with E-state index in [9.17, 15) is 4.79 Å². The molecule has 14 heavy (non-hydrogen) atoms. The third-order valence-corrected chi connectivity index (χ3v) is 2.32. The van der Waals surface area contributed by atoms with Crippen LogP contribution in [-0.4, -0.2) is 18.3 Å². The molecule has 0 saturated heterocycles. The van der Waals surface area contributed by atoms with Crippen molar-refractivity contribution < 1.29 is 4.79 Å². The van der Waals surface area contributed by atoms with E-state index >= 15 is 0 Å². The number of alkyl halides is 1. The summed E-state index contributed by atoms with van der Waals surface area (Å²) in [6, 6.07) is 7.15. The van der Waals surface area contributed by atoms with Crippen molar-refractivity contribution >= 4 is 34.8 Å². The van der Waals surface area contributed by atoms with Crippen LogP contribution in [0.4, 0.5) is 5.69 Å². The molecule has 1 aromatic rings. The second-order valence-electron chi connectivity index (χ2n) is 2.75. The largest absolute Gasteiger partial charge is 0.312 e. The van der Waals surface area contributed by atoms with Gasteiger partial charge >= 0.3 is 0 Å². The number of rotatable bonds is 3. The zero-order chi connectivity index (χ0) is 10.6. The number of hydrogen-bond acceptors (Lipinski definition) is 1. The summed E-state index contributed by atoms with van der Waals surface area (Å²) >= 11 is 11.3. The minimum absolute atomic E-state index is 0.0135. The summed E-state index contributed by atoms with van der Waals surface area (Å²) < 4.78 is 0. The molecule has 0 aromatic heterocycles. The van der Waals surface area contributed by atoms with Crippen LogP contribution in [0.15, 0.2) is 24.3 Å². The SMILES string of the molecule is CCN(C(=O)CCl)c1cccc(Cl)c1. The van der Waals surface area contributed by atoms with Gasteiger partial charge in [-0.1, -0.05) is 17.7 Å². The van der Waals surface area contributed by atoms with Crippen LogP contribution in [0.5, 0.6) is 0 Å². The lowest BCUT2D eigenvalue weighted by Gasteiger charge is -2.19. The van der Waals surface area contributed by atoms with Crippen molar-refractivity contribution in [3.05, 3.63) is 29.3 Å². The number of carbonyl (C=O) groups excluding carboxylic acids is 1. The topological polar surface area (TPSA) is 20.3 Å². The quantitative estimate of drug-likeness (QED) is 0.733. The Morgan fingerprint density at radius 1 is 1.50 bits per heavy atom. The van der Waals surface area contributed by atoms with Crippen LogP contribution in [0.3, 0.4) is 0 Å². The van der Waals surface area contributed by atoms with Crippen LogP contribution in [0, 0.1) is 0 Å². The predicted molar refractivity (Wildman–Crippen MR) is 60.2 cm³/mol. The van der Waals surface area contributed by atoms with Crippen LogP contribution in [-0.2, 0) is 4.79 Å². The third kappa shape index (κ3) is 2.63. The lowest BCUT2D eigenvalue weighted by atomic mass is 10.3. The molecule has 0 N–H and O–H groups in total. The molecule has 1 rings (SSSR count). The highest BCUT2D eigenvalue weighted by Gasteiger charge is 2.12. The van der Waals surface area contributed by atoms with Crippen molar-refractivity contribution in [3.8, 4) is 0 Å². The maximum Gasteiger partial charge on any atom is 0.241 e. The van der Waals surface area contributed by atoms with Gasteiger partial charge in [0.05, 0.1) is 0 Å². The minimum atomic E-state index is -0.114. The van der Waals surface area contributed by atoms with Crippen LogP contribution in [0.25, 0.3) is 0 Å². The standard InChI is InChI=1S/C10H11Cl2NO/c1-2-13(10(14)7-11)9-5-3-4-8(12)6-9/h3-6H,2,7H2,1H3. The van der Waals surface area contributed by atoms with E-state index in [0.29, 0.717) is 11.6 Å². The number of benzene rings is 1. The average molecular weight is 232 g/mol. The fraction of sp³-hybridized carbons (Fsp3) is 0.300. The summed E-state index contributed by atoms with van der Waals surface area (Å²) in [5.41, 5.74) is 0.783. The molecular formula is C10H11Cl2NO. The van der Waals surface area contributed by atoms with E-state index < -0.39 is 0 Å². The maximum absolute atomic E-state index is 11.4. The summed E-state index contributed by atoms with van der Waals surface area (Å²) in [5, 5.41) is 0.614. The molecule has 0 heterocycles. The highest BCUT2D eigenvalue weighted by molar-refractivity contribution is 6.31. The zero-order valence-corrected chi connectivity index (χ0v) is 9.35. The van der Waals surface area contributed by atoms with E-state index in [1.54, 1.807) is 17.0 Å². The van der Waals surface area contributed by atoms with Gasteiger partial charge in [0, 0.05) is 17.3 Å². The Kier molecular flexibility index (Phi) is 4.23. The molecule has 1 aromatic carbocycles. The second-order valence-corrected chi connectivity index (χ2v) is 3.46. The summed E-state index contributed by atoms with van der Waals surface area (Å²) in [6.45, 7) is 2.48. The van der Waals surface area contributed by atoms with Crippen LogP contribution in [0.2, 0.25) is 5.02 Å². The zero-order valence-electron chi connectivity index (χ0n) is 7.84. The number of amides is 1. The van der Waals surface area contributed by atoms with Crippen LogP contribution >= 0.6 is 23.2 Å². The normalized spacial score (nSPS) is 9.93. The monoisotopic (exact) mass is 231 g/mol. The van der Waals surface area contributed by atoms with Crippen molar-refractivity contribution in [2.75, 3.05) is 17.3 Å². The second kappa shape index (κ2) is 5.23. The van der Waals surface area contributed by atoms with Gasteiger partial charge in [-0.25, -0.2) is 0 Å². The van der Waals surface area contributed by atoms with Crippen molar-refractivity contribution in [2.24, 2.45) is 0 Å². The van der Waals surface area contributed by atoms with Gasteiger partial charge in [0.2, 0.25) is 5.91 Å². The smallest absolute Gasteiger partial charge is 0.241 e. The Hall–Kier alpha value is -0.730. The van der Waals surface area contributed by atoms with Gasteiger partial charge in [-0.2, -0.15) is 0 Å². The molecule has 0 saturated carbocycles. The number of anilines is 1. The van der Waals surface area contributed by atoms with Gasteiger partial charge in [0.25, 0.3) is 0 Å². The van der Waals surface area contributed by atoms with E-state index in [0.717, 1.165) is 5.69 Å². The first kappa shape index (κ1) is 11.3. The van der Waals surface area contributed by atoms with Crippen molar-refractivity contribution in [3.63, 3.8) is 0 Å². The fourth-order valence-electron chi connectivity index (χ4n) is 1.22. The summed E-state index contributed by atoms with van der Waals surface area (Å²) in [6.07, 6.45) is 0. The minimum Gasteiger partial charge on any atom is -0.312 e. The van der Waals surface area contributed by atoms with Crippen molar-refractivity contribution in [2.45, 2.75) is 6.92 Å². The Balaban J connectivity index is 2.94. The first-order valence-corrected chi connectivity index (χ1v) is 5.22. The van der Waals surface area contributed by atoms with Gasteiger partial charge in [0.1, 0.15) is 5.88 Å². The molecule has 0 unspecified atom stereocenters. The number of carbonyl (C=O) groups is 1. The molecule has 0 bridgehead atoms. The fourth-order valence-corrected chi connectivity index (χ4v) is 1.55. The molecule has 0 radical (unpaired) electrons. The van der Waals surface area contributed by atoms with Gasteiger partial charge in [0.15, 0.2) is 0 Å². The van der Waals surface area contributed by atoms with Gasteiger partial charge in [-0.3, -0.25) is 4.79 Å². The number of hydrogen-bond donors (Lipinski definition) is 0. The Labute approximate surface area is 93.4 Å². The van der Waals surface area contributed by atoms with E-state index in [1.807, 2.05) is 19.1 Å². The summed E-state index contributed by atoms with van der Waals surface area (Å²) in [4.78, 5) is 13.0. The molecule has 1 amide bonds. The number of halogens is 2. The third-order valence-electron chi connectivity index (χ3n) is 1.85. The Morgan fingerprint density at radius 2 is 2.21 bits per heavy atom. The molecule has 76 valence electrons. The average Bonchev–Trinajstić information content (AvgIpc) is 2.19. The Morgan fingerprint density at radius 3 is 2.71 bits per heavy atom. The lowest BCUT2D eigenvalue weighted by Crippen LogP contribution is -2.31. The van der Waals surface area contributed by atoms with Gasteiger partial charge in [-0.05, 0) is 25.1 Å². The van der Waals surface area contributed by atoms with E-state index in [4.69, 9.17) is 23.2 Å². The van der Waals surface area contributed by atoms with Crippen LogP contribution in [0.1, 0.15) is 6.92 Å². The Bertz CT molecular complexity index is 328. The van der Waals surface area contributed by atoms with Gasteiger partial charge in [-0.15, -0.1) is 11.6 Å². The molecule has 0 aliphatic heterocycles. The molecule has 0 fully saturated rings. The lowest BCUT2D eigenvalue weighted by molar-refractivity contribution is -0.116. The van der Waals surface area contributed by atoms with Crippen molar-refractivity contribution in [1.82, 2.24) is 0 Å². The highest BCUT2D eigenvalue weighted by atomic mass is 35.5. The van der Waals surface area contributed by atoms with Gasteiger partial charge < -0.3 is 4.90 Å². The van der Waals surface area contributed by atoms with Crippen LogP contribution < -0.4 is 4.90 Å². The molecule has 0 atom stereocenters. The molecule has 0 spiro atoms. The maximum atomic E-state index is 11.4. The molecule has 0 aliphatic carbocycles. The molecule has 0 aliphatic rings. The molecular weight excluding hydrogens is 221 g/mol. The highest BCUT2D eigenvalue weighted by Crippen LogP contribution is 2.19. The van der Waals surface area contributed by atoms with E-state index in [-0.39, 0.29) is 11.8 Å². The molecule has 2 nitrogen and oxygen atoms in total. The molecule has 4 heteroatoms. The van der Waals surface area contributed by atoms with Crippen molar-refractivity contribution in [1.29, 1.82) is 0 Å². The van der Waals surface area contributed by atoms with E-state index in [2.05, 4.69) is 0 Å². The summed E-state index contributed by atoms with van der Waals surface area (Å²) in [7, 11) is 0. The first-order valence-electron chi connectivity index (χ1n) is 4.31.